The van der Waals surface area contributed by atoms with Crippen LogP contribution in [0.15, 0.2) is 88.1 Å². The van der Waals surface area contributed by atoms with Crippen LogP contribution in [0.2, 0.25) is 0 Å². The maximum absolute atomic E-state index is 13.4. The van der Waals surface area contributed by atoms with E-state index in [4.69, 9.17) is 18.6 Å². The Balaban J connectivity index is 1.51. The second kappa shape index (κ2) is 9.76. The summed E-state index contributed by atoms with van der Waals surface area (Å²) in [6, 6.07) is 22.7. The van der Waals surface area contributed by atoms with Crippen LogP contribution >= 0.6 is 0 Å². The second-order valence-electron chi connectivity index (χ2n) is 9.53. The quantitative estimate of drug-likeness (QED) is 0.283. The van der Waals surface area contributed by atoms with Crippen LogP contribution in [0, 0.1) is 0 Å². The maximum atomic E-state index is 13.4. The molecule has 0 unspecified atom stereocenters. The molecule has 2 N–H and O–H groups in total. The standard InChI is InChI=1S/C32H26O7/c1-36-23-9-5-19-11-20(17-38-29(19)13-23)26-14-27-25(18-3-6-21(33)7-4-18)15-31(39-32(27)16-28(26)35)24-10-8-22(34)12-30(24)37-2/h3-10,12-16,20,33-34H,11,17H2,1-2H3/t20-/m1/s1. The monoisotopic (exact) mass is 522 g/mol. The molecule has 2 heterocycles. The number of rotatable bonds is 5. The first-order valence-electron chi connectivity index (χ1n) is 12.5. The lowest BCUT2D eigenvalue weighted by atomic mass is 9.86. The SMILES string of the molecule is COc1ccc2c(c1)OC[C@H](c1cc3c(-c4ccc(O)cc4)cc(-c4ccc(O)cc4OC)oc-3cc1=O)C2. The van der Waals surface area contributed by atoms with Crippen molar-refractivity contribution in [3.8, 4) is 62.5 Å². The molecule has 0 bridgehead atoms. The first-order chi connectivity index (χ1) is 18.9. The van der Waals surface area contributed by atoms with Gasteiger partial charge >= 0.3 is 0 Å². The molecule has 0 saturated carbocycles. The molecule has 0 radical (unpaired) electrons. The van der Waals surface area contributed by atoms with Crippen molar-refractivity contribution < 1.29 is 28.8 Å². The summed E-state index contributed by atoms with van der Waals surface area (Å²) in [5.41, 5.74) is 4.58. The van der Waals surface area contributed by atoms with Gasteiger partial charge in [-0.3, -0.25) is 4.79 Å². The van der Waals surface area contributed by atoms with Crippen LogP contribution in [0.25, 0.3) is 33.8 Å². The first kappa shape index (κ1) is 24.4. The normalized spacial score (nSPS) is 14.5. The molecule has 7 heteroatoms. The van der Waals surface area contributed by atoms with E-state index < -0.39 is 0 Å². The first-order valence-corrected chi connectivity index (χ1v) is 12.5. The number of ether oxygens (including phenoxy) is 3. The lowest BCUT2D eigenvalue weighted by molar-refractivity contribution is 0.260. The molecule has 3 aromatic carbocycles. The Morgan fingerprint density at radius 2 is 1.54 bits per heavy atom. The molecule has 0 aromatic heterocycles. The number of fused-ring (bicyclic) bond motifs is 2. The van der Waals surface area contributed by atoms with Crippen molar-refractivity contribution in [1.29, 1.82) is 0 Å². The van der Waals surface area contributed by atoms with Crippen LogP contribution in [0.4, 0.5) is 0 Å². The fraction of sp³-hybridized carbons (Fsp3) is 0.156. The highest BCUT2D eigenvalue weighted by Crippen LogP contribution is 2.43. The molecular formula is C32H26O7. The van der Waals surface area contributed by atoms with Gasteiger partial charge in [0.25, 0.3) is 0 Å². The molecule has 1 atom stereocenters. The molecule has 0 amide bonds. The van der Waals surface area contributed by atoms with E-state index in [1.54, 1.807) is 31.4 Å². The summed E-state index contributed by atoms with van der Waals surface area (Å²) in [6.07, 6.45) is 0.661. The van der Waals surface area contributed by atoms with Gasteiger partial charge in [-0.2, -0.15) is 0 Å². The van der Waals surface area contributed by atoms with Crippen molar-refractivity contribution in [1.82, 2.24) is 0 Å². The van der Waals surface area contributed by atoms with Crippen LogP contribution in [0.3, 0.4) is 0 Å². The highest BCUT2D eigenvalue weighted by Gasteiger charge is 2.27. The van der Waals surface area contributed by atoms with Gasteiger partial charge in [0.2, 0.25) is 0 Å². The Morgan fingerprint density at radius 3 is 2.31 bits per heavy atom. The zero-order valence-corrected chi connectivity index (χ0v) is 21.4. The molecular weight excluding hydrogens is 496 g/mol. The average Bonchev–Trinajstić information content (AvgIpc) is 2.96. The molecule has 3 aromatic rings. The van der Waals surface area contributed by atoms with Gasteiger partial charge in [-0.25, -0.2) is 0 Å². The summed E-state index contributed by atoms with van der Waals surface area (Å²) < 4.78 is 23.1. The van der Waals surface area contributed by atoms with Gasteiger partial charge in [0, 0.05) is 35.2 Å². The summed E-state index contributed by atoms with van der Waals surface area (Å²) in [5, 5.41) is 19.8. The van der Waals surface area contributed by atoms with E-state index in [0.29, 0.717) is 41.4 Å². The average molecular weight is 523 g/mol. The highest BCUT2D eigenvalue weighted by molar-refractivity contribution is 5.86. The van der Waals surface area contributed by atoms with Crippen LogP contribution in [-0.2, 0) is 6.42 Å². The Bertz CT molecular complexity index is 1700. The van der Waals surface area contributed by atoms with Crippen molar-refractivity contribution in [3.63, 3.8) is 0 Å². The van der Waals surface area contributed by atoms with Crippen LogP contribution < -0.4 is 19.6 Å². The van der Waals surface area contributed by atoms with Crippen molar-refractivity contribution in [2.75, 3.05) is 20.8 Å². The summed E-state index contributed by atoms with van der Waals surface area (Å²) in [6.45, 7) is 0.370. The lowest BCUT2D eigenvalue weighted by Gasteiger charge is -2.26. The number of aromatic hydroxyl groups is 2. The number of hydrogen-bond acceptors (Lipinski definition) is 7. The number of phenols is 2. The van der Waals surface area contributed by atoms with E-state index in [0.717, 1.165) is 33.8 Å². The van der Waals surface area contributed by atoms with Crippen molar-refractivity contribution in [2.45, 2.75) is 12.3 Å². The smallest absolute Gasteiger partial charge is 0.185 e. The predicted molar refractivity (Wildman–Crippen MR) is 147 cm³/mol. The molecule has 1 aliphatic carbocycles. The van der Waals surface area contributed by atoms with Gasteiger partial charge in [-0.05, 0) is 65.6 Å². The Kier molecular flexibility index (Phi) is 6.11. The van der Waals surface area contributed by atoms with E-state index in [9.17, 15) is 15.0 Å². The van der Waals surface area contributed by atoms with Gasteiger partial charge in [-0.1, -0.05) is 18.2 Å². The molecule has 7 nitrogen and oxygen atoms in total. The zero-order chi connectivity index (χ0) is 27.1. The summed E-state index contributed by atoms with van der Waals surface area (Å²) in [5.74, 6) is 2.91. The number of phenolic OH excluding ortho intramolecular Hbond substituents is 2. The van der Waals surface area contributed by atoms with Gasteiger partial charge < -0.3 is 28.8 Å². The van der Waals surface area contributed by atoms with E-state index in [2.05, 4.69) is 0 Å². The number of benzene rings is 4. The van der Waals surface area contributed by atoms with Crippen molar-refractivity contribution >= 4 is 0 Å². The van der Waals surface area contributed by atoms with E-state index in [-0.39, 0.29) is 22.8 Å². The van der Waals surface area contributed by atoms with Crippen LogP contribution in [0.1, 0.15) is 17.0 Å². The minimum Gasteiger partial charge on any atom is -0.508 e. The third-order valence-corrected chi connectivity index (χ3v) is 7.15. The molecule has 6 rings (SSSR count). The molecule has 3 aliphatic rings. The third kappa shape index (κ3) is 4.52. The molecule has 0 spiro atoms. The van der Waals surface area contributed by atoms with Gasteiger partial charge in [0.1, 0.15) is 40.3 Å². The zero-order valence-electron chi connectivity index (χ0n) is 21.4. The Morgan fingerprint density at radius 1 is 0.769 bits per heavy atom. The maximum Gasteiger partial charge on any atom is 0.185 e. The molecule has 39 heavy (non-hydrogen) atoms. The minimum atomic E-state index is -0.136. The summed E-state index contributed by atoms with van der Waals surface area (Å²) in [4.78, 5) is 13.4. The topological polar surface area (TPSA) is 98.4 Å². The highest BCUT2D eigenvalue weighted by atomic mass is 16.5. The summed E-state index contributed by atoms with van der Waals surface area (Å²) in [7, 11) is 3.13. The lowest BCUT2D eigenvalue weighted by Crippen LogP contribution is -2.24. The number of methoxy groups -OCH3 is 2. The largest absolute Gasteiger partial charge is 0.508 e. The van der Waals surface area contributed by atoms with Crippen molar-refractivity contribution in [3.05, 3.63) is 100 Å². The van der Waals surface area contributed by atoms with E-state index in [1.165, 1.54) is 19.2 Å². The molecule has 196 valence electrons. The third-order valence-electron chi connectivity index (χ3n) is 7.15. The van der Waals surface area contributed by atoms with Crippen molar-refractivity contribution in [2.24, 2.45) is 0 Å². The molecule has 0 fully saturated rings. The predicted octanol–water partition coefficient (Wildman–Crippen LogP) is 6.23. The Hall–Kier alpha value is -4.91. The van der Waals surface area contributed by atoms with Crippen LogP contribution in [0.5, 0.6) is 28.7 Å². The number of hydrogen-bond donors (Lipinski definition) is 2. The molecule has 2 aliphatic heterocycles. The summed E-state index contributed by atoms with van der Waals surface area (Å²) >= 11 is 0. The van der Waals surface area contributed by atoms with E-state index in [1.807, 2.05) is 42.5 Å². The van der Waals surface area contributed by atoms with Gasteiger partial charge in [-0.15, -0.1) is 0 Å². The molecule has 0 saturated heterocycles. The van der Waals surface area contributed by atoms with E-state index >= 15 is 0 Å². The Labute approximate surface area is 224 Å². The fourth-order valence-electron chi connectivity index (χ4n) is 5.12. The van der Waals surface area contributed by atoms with Crippen LogP contribution in [-0.4, -0.2) is 31.0 Å². The fourth-order valence-corrected chi connectivity index (χ4v) is 5.12. The second-order valence-corrected chi connectivity index (χ2v) is 9.53. The minimum absolute atomic E-state index is 0.0661. The van der Waals surface area contributed by atoms with Gasteiger partial charge in [0.15, 0.2) is 5.43 Å². The van der Waals surface area contributed by atoms with Gasteiger partial charge in [0.05, 0.1) is 26.4 Å².